The first kappa shape index (κ1) is 12.4. The minimum Gasteiger partial charge on any atom is -0.369 e. The van der Waals surface area contributed by atoms with Gasteiger partial charge in [0.15, 0.2) is 0 Å². The summed E-state index contributed by atoms with van der Waals surface area (Å²) in [5.74, 6) is -0.203. The van der Waals surface area contributed by atoms with Gasteiger partial charge in [0.1, 0.15) is 5.82 Å². The van der Waals surface area contributed by atoms with Gasteiger partial charge in [-0.25, -0.2) is 4.39 Å². The van der Waals surface area contributed by atoms with Crippen molar-refractivity contribution in [1.29, 1.82) is 0 Å². The average Bonchev–Trinajstić information content (AvgIpc) is 2.30. The smallest absolute Gasteiger partial charge is 0.123 e. The molecule has 2 rings (SSSR count). The molecule has 2 nitrogen and oxygen atoms in total. The normalized spacial score (nSPS) is 22.6. The van der Waals surface area contributed by atoms with E-state index >= 15 is 0 Å². The van der Waals surface area contributed by atoms with Crippen molar-refractivity contribution in [1.82, 2.24) is 0 Å². The van der Waals surface area contributed by atoms with Crippen LogP contribution in [0.5, 0.6) is 0 Å². The van der Waals surface area contributed by atoms with Crippen LogP contribution in [0.4, 0.5) is 10.1 Å². The molecular weight excluding hydrogens is 215 g/mol. The highest BCUT2D eigenvalue weighted by Gasteiger charge is 2.22. The van der Waals surface area contributed by atoms with Crippen molar-refractivity contribution in [3.05, 3.63) is 29.6 Å². The van der Waals surface area contributed by atoms with Crippen molar-refractivity contribution >= 4 is 5.69 Å². The minimum atomic E-state index is -0.203. The fourth-order valence-corrected chi connectivity index (χ4v) is 2.61. The van der Waals surface area contributed by atoms with Gasteiger partial charge in [-0.3, -0.25) is 0 Å². The molecular formula is C14H21FN2. The number of halogens is 1. The molecule has 0 saturated carbocycles. The van der Waals surface area contributed by atoms with Crippen LogP contribution in [0.25, 0.3) is 0 Å². The van der Waals surface area contributed by atoms with Crippen molar-refractivity contribution < 1.29 is 4.39 Å². The van der Waals surface area contributed by atoms with Crippen LogP contribution in [0.15, 0.2) is 18.2 Å². The zero-order valence-electron chi connectivity index (χ0n) is 10.6. The number of benzene rings is 1. The van der Waals surface area contributed by atoms with Gasteiger partial charge in [0.25, 0.3) is 0 Å². The minimum absolute atomic E-state index is 0.130. The number of hydrogen-bond donors (Lipinski definition) is 1. The van der Waals surface area contributed by atoms with Crippen molar-refractivity contribution in [3.8, 4) is 0 Å². The molecule has 3 heteroatoms. The summed E-state index contributed by atoms with van der Waals surface area (Å²) in [7, 11) is 0. The standard InChI is InChI=1S/C14H21FN2/c1-10-5-3-4-8-17(10)14-7-6-12(15)9-13(14)11(2)16/h6-7,9-11H,3-5,8,16H2,1-2H3/t10?,11-/m1/s1. The Hall–Kier alpha value is -1.09. The highest BCUT2D eigenvalue weighted by molar-refractivity contribution is 5.56. The van der Waals surface area contributed by atoms with E-state index in [0.29, 0.717) is 6.04 Å². The fraction of sp³-hybridized carbons (Fsp3) is 0.571. The molecule has 0 bridgehead atoms. The number of nitrogens with two attached hydrogens (primary N) is 1. The number of anilines is 1. The number of rotatable bonds is 2. The molecule has 1 aliphatic rings. The van der Waals surface area contributed by atoms with Crippen LogP contribution in [-0.2, 0) is 0 Å². The summed E-state index contributed by atoms with van der Waals surface area (Å²) in [6, 6.07) is 5.36. The molecule has 94 valence electrons. The van der Waals surface area contributed by atoms with Crippen LogP contribution in [0, 0.1) is 5.82 Å². The van der Waals surface area contributed by atoms with Gasteiger partial charge in [-0.2, -0.15) is 0 Å². The zero-order chi connectivity index (χ0) is 12.4. The summed E-state index contributed by atoms with van der Waals surface area (Å²) in [6.07, 6.45) is 3.70. The first-order valence-corrected chi connectivity index (χ1v) is 6.41. The van der Waals surface area contributed by atoms with E-state index in [2.05, 4.69) is 11.8 Å². The molecule has 1 aromatic carbocycles. The largest absolute Gasteiger partial charge is 0.369 e. The van der Waals surface area contributed by atoms with E-state index in [1.807, 2.05) is 13.0 Å². The van der Waals surface area contributed by atoms with Gasteiger partial charge in [-0.05, 0) is 56.9 Å². The lowest BCUT2D eigenvalue weighted by atomic mass is 9.99. The maximum Gasteiger partial charge on any atom is 0.123 e. The SMILES string of the molecule is CC1CCCCN1c1ccc(F)cc1[C@@H](C)N. The second kappa shape index (κ2) is 5.05. The Bertz CT molecular complexity index is 390. The van der Waals surface area contributed by atoms with Gasteiger partial charge in [-0.15, -0.1) is 0 Å². The Balaban J connectivity index is 2.36. The molecule has 0 amide bonds. The van der Waals surface area contributed by atoms with Gasteiger partial charge < -0.3 is 10.6 Å². The van der Waals surface area contributed by atoms with Crippen LogP contribution in [0.3, 0.4) is 0 Å². The van der Waals surface area contributed by atoms with E-state index < -0.39 is 0 Å². The maximum absolute atomic E-state index is 13.3. The van der Waals surface area contributed by atoms with Crippen molar-refractivity contribution in [2.24, 2.45) is 5.73 Å². The van der Waals surface area contributed by atoms with Crippen molar-refractivity contribution in [2.75, 3.05) is 11.4 Å². The van der Waals surface area contributed by atoms with Gasteiger partial charge in [-0.1, -0.05) is 0 Å². The fourth-order valence-electron chi connectivity index (χ4n) is 2.61. The van der Waals surface area contributed by atoms with E-state index in [4.69, 9.17) is 5.73 Å². The molecule has 2 N–H and O–H groups in total. The lowest BCUT2D eigenvalue weighted by Gasteiger charge is -2.37. The topological polar surface area (TPSA) is 29.3 Å². The second-order valence-electron chi connectivity index (χ2n) is 5.03. The lowest BCUT2D eigenvalue weighted by molar-refractivity contribution is 0.482. The lowest BCUT2D eigenvalue weighted by Crippen LogP contribution is -2.38. The third kappa shape index (κ3) is 2.60. The second-order valence-corrected chi connectivity index (χ2v) is 5.03. The summed E-state index contributed by atoms with van der Waals surface area (Å²) in [5.41, 5.74) is 7.96. The van der Waals surface area contributed by atoms with E-state index in [0.717, 1.165) is 17.8 Å². The maximum atomic E-state index is 13.3. The molecule has 1 unspecified atom stereocenters. The van der Waals surface area contributed by atoms with Gasteiger partial charge in [0.05, 0.1) is 0 Å². The van der Waals surface area contributed by atoms with Crippen molar-refractivity contribution in [3.63, 3.8) is 0 Å². The Labute approximate surface area is 103 Å². The first-order chi connectivity index (χ1) is 8.09. The summed E-state index contributed by atoms with van der Waals surface area (Å²) >= 11 is 0. The molecule has 1 saturated heterocycles. The molecule has 0 aromatic heterocycles. The van der Waals surface area contributed by atoms with Crippen LogP contribution in [-0.4, -0.2) is 12.6 Å². The van der Waals surface area contributed by atoms with Gasteiger partial charge in [0, 0.05) is 24.3 Å². The molecule has 1 heterocycles. The van der Waals surface area contributed by atoms with Gasteiger partial charge in [0.2, 0.25) is 0 Å². The Morgan fingerprint density at radius 1 is 1.41 bits per heavy atom. The molecule has 17 heavy (non-hydrogen) atoms. The molecule has 0 aliphatic carbocycles. The molecule has 1 aliphatic heterocycles. The summed E-state index contributed by atoms with van der Waals surface area (Å²) in [5, 5.41) is 0. The molecule has 1 fully saturated rings. The number of hydrogen-bond acceptors (Lipinski definition) is 2. The van der Waals surface area contributed by atoms with E-state index in [9.17, 15) is 4.39 Å². The zero-order valence-corrected chi connectivity index (χ0v) is 10.6. The summed E-state index contributed by atoms with van der Waals surface area (Å²) in [4.78, 5) is 2.36. The highest BCUT2D eigenvalue weighted by Crippen LogP contribution is 2.31. The molecule has 0 radical (unpaired) electrons. The molecule has 2 atom stereocenters. The summed E-state index contributed by atoms with van der Waals surface area (Å²) in [6.45, 7) is 5.19. The third-order valence-electron chi connectivity index (χ3n) is 3.59. The molecule has 1 aromatic rings. The predicted octanol–water partition coefficient (Wildman–Crippen LogP) is 3.22. The Kier molecular flexibility index (Phi) is 3.67. The monoisotopic (exact) mass is 236 g/mol. The van der Waals surface area contributed by atoms with E-state index in [-0.39, 0.29) is 11.9 Å². The van der Waals surface area contributed by atoms with E-state index in [1.54, 1.807) is 6.07 Å². The Morgan fingerprint density at radius 2 is 2.18 bits per heavy atom. The highest BCUT2D eigenvalue weighted by atomic mass is 19.1. The van der Waals surface area contributed by atoms with Crippen LogP contribution < -0.4 is 10.6 Å². The average molecular weight is 236 g/mol. The first-order valence-electron chi connectivity index (χ1n) is 6.41. The summed E-state index contributed by atoms with van der Waals surface area (Å²) < 4.78 is 13.3. The Morgan fingerprint density at radius 3 is 2.82 bits per heavy atom. The number of piperidine rings is 1. The van der Waals surface area contributed by atoms with Crippen LogP contribution in [0.2, 0.25) is 0 Å². The third-order valence-corrected chi connectivity index (χ3v) is 3.59. The molecule has 0 spiro atoms. The van der Waals surface area contributed by atoms with Crippen molar-refractivity contribution in [2.45, 2.75) is 45.2 Å². The predicted molar refractivity (Wildman–Crippen MR) is 69.7 cm³/mol. The van der Waals surface area contributed by atoms with Crippen LogP contribution >= 0.6 is 0 Å². The number of nitrogens with zero attached hydrogens (tertiary/aromatic N) is 1. The quantitative estimate of drug-likeness (QED) is 0.854. The van der Waals surface area contributed by atoms with E-state index in [1.165, 1.54) is 25.3 Å². The van der Waals surface area contributed by atoms with Crippen LogP contribution in [0.1, 0.15) is 44.7 Å². The van der Waals surface area contributed by atoms with Gasteiger partial charge >= 0.3 is 0 Å².